The van der Waals surface area contributed by atoms with E-state index in [0.717, 1.165) is 11.1 Å². The van der Waals surface area contributed by atoms with E-state index in [4.69, 9.17) is 9.47 Å². The molecule has 0 fully saturated rings. The van der Waals surface area contributed by atoms with Gasteiger partial charge < -0.3 is 14.8 Å². The van der Waals surface area contributed by atoms with Gasteiger partial charge in [0.1, 0.15) is 6.61 Å². The molecule has 0 aliphatic heterocycles. The number of rotatable bonds is 12. The average molecular weight is 467 g/mol. The zero-order chi connectivity index (χ0) is 23.6. The van der Waals surface area contributed by atoms with E-state index in [9.17, 15) is 4.79 Å². The van der Waals surface area contributed by atoms with Gasteiger partial charge in [-0.1, -0.05) is 54.2 Å². The largest absolute Gasteiger partial charge is 0.490 e. The van der Waals surface area contributed by atoms with Gasteiger partial charge in [0.25, 0.3) is 0 Å². The molecule has 0 saturated heterocycles. The van der Waals surface area contributed by atoms with Gasteiger partial charge in [-0.25, -0.2) is 0 Å². The van der Waals surface area contributed by atoms with Gasteiger partial charge in [-0.3, -0.25) is 9.36 Å². The molecule has 1 atom stereocenters. The van der Waals surface area contributed by atoms with Gasteiger partial charge in [-0.2, -0.15) is 0 Å². The molecule has 0 unspecified atom stereocenters. The molecular formula is C25H30N4O3S. The van der Waals surface area contributed by atoms with Gasteiger partial charge in [0, 0.05) is 6.54 Å². The van der Waals surface area contributed by atoms with Crippen LogP contribution in [0.5, 0.6) is 11.5 Å². The number of thioether (sulfide) groups is 1. The summed E-state index contributed by atoms with van der Waals surface area (Å²) in [7, 11) is 0. The number of ether oxygens (including phenoxy) is 2. The first kappa shape index (κ1) is 24.4. The third-order valence-corrected chi connectivity index (χ3v) is 5.84. The van der Waals surface area contributed by atoms with Crippen LogP contribution in [0.2, 0.25) is 0 Å². The van der Waals surface area contributed by atoms with Crippen LogP contribution in [0.15, 0.2) is 66.3 Å². The van der Waals surface area contributed by atoms with E-state index in [1.54, 1.807) is 6.08 Å². The minimum absolute atomic E-state index is 0.0663. The maximum absolute atomic E-state index is 12.5. The topological polar surface area (TPSA) is 78.3 Å². The highest BCUT2D eigenvalue weighted by atomic mass is 32.2. The summed E-state index contributed by atoms with van der Waals surface area (Å²) in [5, 5.41) is 12.2. The summed E-state index contributed by atoms with van der Waals surface area (Å²) in [5.41, 5.74) is 2.16. The van der Waals surface area contributed by atoms with Crippen molar-refractivity contribution in [2.75, 3.05) is 12.4 Å². The Balaban J connectivity index is 1.62. The van der Waals surface area contributed by atoms with Gasteiger partial charge in [0.15, 0.2) is 22.5 Å². The van der Waals surface area contributed by atoms with E-state index in [2.05, 4.69) is 22.1 Å². The van der Waals surface area contributed by atoms with Crippen LogP contribution in [0.25, 0.3) is 0 Å². The van der Waals surface area contributed by atoms with E-state index in [1.807, 2.05) is 73.9 Å². The lowest BCUT2D eigenvalue weighted by Gasteiger charge is -2.14. The third kappa shape index (κ3) is 6.86. The van der Waals surface area contributed by atoms with Crippen LogP contribution in [0, 0.1) is 6.92 Å². The Labute approximate surface area is 199 Å². The molecule has 0 spiro atoms. The molecule has 3 rings (SSSR count). The zero-order valence-corrected chi connectivity index (χ0v) is 20.1. The second-order valence-electron chi connectivity index (χ2n) is 7.46. The molecular weight excluding hydrogens is 436 g/mol. The Kier molecular flexibility index (Phi) is 8.95. The highest BCUT2D eigenvalue weighted by Gasteiger charge is 2.16. The van der Waals surface area contributed by atoms with Crippen molar-refractivity contribution in [1.82, 2.24) is 20.1 Å². The van der Waals surface area contributed by atoms with Crippen LogP contribution in [0.3, 0.4) is 0 Å². The number of allylic oxidation sites excluding steroid dienone is 1. The predicted molar refractivity (Wildman–Crippen MR) is 131 cm³/mol. The maximum Gasteiger partial charge on any atom is 0.230 e. The minimum Gasteiger partial charge on any atom is -0.490 e. The fourth-order valence-corrected chi connectivity index (χ4v) is 4.01. The number of benzene rings is 2. The van der Waals surface area contributed by atoms with Crippen molar-refractivity contribution in [3.8, 4) is 11.5 Å². The summed E-state index contributed by atoms with van der Waals surface area (Å²) in [4.78, 5) is 12.5. The molecule has 7 nitrogen and oxygen atoms in total. The zero-order valence-electron chi connectivity index (χ0n) is 19.3. The number of nitrogens with one attached hydrogen (secondary N) is 1. The van der Waals surface area contributed by atoms with Gasteiger partial charge in [-0.15, -0.1) is 16.8 Å². The number of carbonyl (C=O) groups excluding carboxylic acids is 1. The summed E-state index contributed by atoms with van der Waals surface area (Å²) < 4.78 is 13.6. The Morgan fingerprint density at radius 1 is 1.18 bits per heavy atom. The lowest BCUT2D eigenvalue weighted by molar-refractivity contribution is -0.119. The standard InChI is InChI=1S/C25H30N4O3S/c1-5-14-29-23(16-32-21-13-12-18(3)15-22(21)31-6-2)27-28-25(29)33-17-24(30)26-19(4)20-10-8-7-9-11-20/h5,7-13,15,19H,1,6,14,16-17H2,2-4H3,(H,26,30)/t19-/m0/s1. The van der Waals surface area contributed by atoms with Crippen molar-refractivity contribution in [3.05, 3.63) is 78.1 Å². The first-order valence-electron chi connectivity index (χ1n) is 10.9. The summed E-state index contributed by atoms with van der Waals surface area (Å²) in [5.74, 6) is 2.17. The van der Waals surface area contributed by atoms with Crippen molar-refractivity contribution in [3.63, 3.8) is 0 Å². The van der Waals surface area contributed by atoms with E-state index in [0.29, 0.717) is 35.6 Å². The van der Waals surface area contributed by atoms with Crippen molar-refractivity contribution in [2.45, 2.75) is 45.1 Å². The van der Waals surface area contributed by atoms with Crippen LogP contribution in [0.4, 0.5) is 0 Å². The lowest BCUT2D eigenvalue weighted by Crippen LogP contribution is -2.28. The number of carbonyl (C=O) groups is 1. The highest BCUT2D eigenvalue weighted by Crippen LogP contribution is 2.29. The molecule has 33 heavy (non-hydrogen) atoms. The van der Waals surface area contributed by atoms with E-state index in [1.165, 1.54) is 11.8 Å². The van der Waals surface area contributed by atoms with Gasteiger partial charge >= 0.3 is 0 Å². The normalized spacial score (nSPS) is 11.6. The predicted octanol–water partition coefficient (Wildman–Crippen LogP) is 4.72. The minimum atomic E-state index is -0.0664. The third-order valence-electron chi connectivity index (χ3n) is 4.87. The summed E-state index contributed by atoms with van der Waals surface area (Å²) >= 11 is 1.34. The Morgan fingerprint density at radius 2 is 1.97 bits per heavy atom. The van der Waals surface area contributed by atoms with Crippen LogP contribution < -0.4 is 14.8 Å². The number of hydrogen-bond donors (Lipinski definition) is 1. The lowest BCUT2D eigenvalue weighted by atomic mass is 10.1. The Hall–Kier alpha value is -3.26. The van der Waals surface area contributed by atoms with Crippen LogP contribution in [-0.4, -0.2) is 33.0 Å². The van der Waals surface area contributed by atoms with Crippen LogP contribution in [0.1, 0.15) is 36.8 Å². The second kappa shape index (κ2) is 12.1. The fraction of sp³-hybridized carbons (Fsp3) is 0.320. The van der Waals surface area contributed by atoms with Crippen molar-refractivity contribution >= 4 is 17.7 Å². The number of aromatic nitrogens is 3. The van der Waals surface area contributed by atoms with Crippen molar-refractivity contribution in [2.24, 2.45) is 0 Å². The first-order chi connectivity index (χ1) is 16.0. The van der Waals surface area contributed by atoms with Gasteiger partial charge in [0.2, 0.25) is 5.91 Å². The van der Waals surface area contributed by atoms with E-state index in [-0.39, 0.29) is 24.3 Å². The molecule has 0 aliphatic rings. The van der Waals surface area contributed by atoms with E-state index < -0.39 is 0 Å². The number of aryl methyl sites for hydroxylation is 1. The SMILES string of the molecule is C=CCn1c(COc2ccc(C)cc2OCC)nnc1SCC(=O)N[C@@H](C)c1ccccc1. The molecule has 1 heterocycles. The van der Waals surface area contributed by atoms with Crippen LogP contribution >= 0.6 is 11.8 Å². The molecule has 3 aromatic rings. The number of hydrogen-bond acceptors (Lipinski definition) is 6. The summed E-state index contributed by atoms with van der Waals surface area (Å²) in [6, 6.07) is 15.6. The quantitative estimate of drug-likeness (QED) is 0.307. The Morgan fingerprint density at radius 3 is 2.70 bits per heavy atom. The first-order valence-corrected chi connectivity index (χ1v) is 11.9. The molecule has 8 heteroatoms. The van der Waals surface area contributed by atoms with E-state index >= 15 is 0 Å². The Bertz CT molecular complexity index is 1070. The smallest absolute Gasteiger partial charge is 0.230 e. The number of nitrogens with zero attached hydrogens (tertiary/aromatic N) is 3. The molecule has 174 valence electrons. The molecule has 1 N–H and O–H groups in total. The molecule has 0 radical (unpaired) electrons. The summed E-state index contributed by atoms with van der Waals surface area (Å²) in [6.45, 7) is 11.0. The molecule has 1 amide bonds. The second-order valence-corrected chi connectivity index (χ2v) is 8.40. The van der Waals surface area contributed by atoms with Crippen LogP contribution in [-0.2, 0) is 17.9 Å². The van der Waals surface area contributed by atoms with Crippen molar-refractivity contribution in [1.29, 1.82) is 0 Å². The average Bonchev–Trinajstić information content (AvgIpc) is 3.19. The van der Waals surface area contributed by atoms with Gasteiger partial charge in [0.05, 0.1) is 18.4 Å². The molecule has 0 bridgehead atoms. The maximum atomic E-state index is 12.5. The highest BCUT2D eigenvalue weighted by molar-refractivity contribution is 7.99. The molecule has 0 saturated carbocycles. The monoisotopic (exact) mass is 466 g/mol. The molecule has 1 aromatic heterocycles. The molecule has 2 aromatic carbocycles. The fourth-order valence-electron chi connectivity index (χ4n) is 3.23. The van der Waals surface area contributed by atoms with Crippen molar-refractivity contribution < 1.29 is 14.3 Å². The summed E-state index contributed by atoms with van der Waals surface area (Å²) in [6.07, 6.45) is 1.77. The van der Waals surface area contributed by atoms with Gasteiger partial charge in [-0.05, 0) is 44.0 Å². The molecule has 0 aliphatic carbocycles. The number of amides is 1.